The third-order valence-corrected chi connectivity index (χ3v) is 3.99. The van der Waals surface area contributed by atoms with Crippen molar-refractivity contribution in [3.05, 3.63) is 69.4 Å². The van der Waals surface area contributed by atoms with Crippen molar-refractivity contribution in [3.8, 4) is 5.75 Å². The fraction of sp³-hybridized carbons (Fsp3) is 0.167. The van der Waals surface area contributed by atoms with Crippen LogP contribution in [0, 0.1) is 5.82 Å². The fourth-order valence-corrected chi connectivity index (χ4v) is 2.79. The molecule has 0 fully saturated rings. The Balaban J connectivity index is 2.17. The number of aromatic hydroxyl groups is 1. The SMILES string of the molecule is CCn1c(=O)c(C(=O)O)c(O)c2ncc(Cc3ccc(F)cc3)cc21. The molecule has 3 rings (SSSR count). The Labute approximate surface area is 141 Å². The molecule has 6 nitrogen and oxygen atoms in total. The van der Waals surface area contributed by atoms with Crippen molar-refractivity contribution < 1.29 is 19.4 Å². The number of rotatable bonds is 4. The number of carboxylic acid groups (broad SMARTS) is 1. The van der Waals surface area contributed by atoms with E-state index < -0.39 is 22.8 Å². The molecule has 1 aromatic carbocycles. The van der Waals surface area contributed by atoms with Crippen molar-refractivity contribution in [1.29, 1.82) is 0 Å². The molecule has 0 saturated heterocycles. The Morgan fingerprint density at radius 3 is 2.52 bits per heavy atom. The van der Waals surface area contributed by atoms with Gasteiger partial charge in [0.25, 0.3) is 5.56 Å². The van der Waals surface area contributed by atoms with E-state index >= 15 is 0 Å². The van der Waals surface area contributed by atoms with E-state index in [-0.39, 0.29) is 17.9 Å². The van der Waals surface area contributed by atoms with Crippen LogP contribution in [0.25, 0.3) is 11.0 Å². The summed E-state index contributed by atoms with van der Waals surface area (Å²) in [7, 11) is 0. The van der Waals surface area contributed by atoms with Gasteiger partial charge in [0, 0.05) is 12.7 Å². The lowest BCUT2D eigenvalue weighted by molar-refractivity contribution is 0.0691. The second-order valence-corrected chi connectivity index (χ2v) is 5.59. The highest BCUT2D eigenvalue weighted by Crippen LogP contribution is 2.26. The highest BCUT2D eigenvalue weighted by molar-refractivity contribution is 5.97. The van der Waals surface area contributed by atoms with E-state index in [2.05, 4.69) is 4.98 Å². The van der Waals surface area contributed by atoms with Crippen molar-refractivity contribution in [3.63, 3.8) is 0 Å². The topological polar surface area (TPSA) is 92.4 Å². The first-order chi connectivity index (χ1) is 11.9. The van der Waals surface area contributed by atoms with E-state index in [0.29, 0.717) is 11.9 Å². The fourth-order valence-electron chi connectivity index (χ4n) is 2.79. The summed E-state index contributed by atoms with van der Waals surface area (Å²) < 4.78 is 14.3. The number of hydrogen-bond acceptors (Lipinski definition) is 4. The minimum Gasteiger partial charge on any atom is -0.505 e. The van der Waals surface area contributed by atoms with Crippen LogP contribution in [0.15, 0.2) is 41.3 Å². The standard InChI is InChI=1S/C18H15FN2O4/c1-2-21-13-8-11(7-10-3-5-12(19)6-4-10)9-20-15(13)16(22)14(17(21)23)18(24)25/h3-6,8-9,22H,2,7H2,1H3,(H,24,25). The zero-order valence-electron chi connectivity index (χ0n) is 13.4. The predicted octanol–water partition coefficient (Wildman–Crippen LogP) is 2.55. The number of benzene rings is 1. The number of pyridine rings is 2. The summed E-state index contributed by atoms with van der Waals surface area (Å²) in [4.78, 5) is 27.7. The number of carbonyl (C=O) groups is 1. The molecule has 0 spiro atoms. The lowest BCUT2D eigenvalue weighted by Gasteiger charge is -2.12. The van der Waals surface area contributed by atoms with Crippen LogP contribution in [0.2, 0.25) is 0 Å². The average molecular weight is 342 g/mol. The summed E-state index contributed by atoms with van der Waals surface area (Å²) in [6.45, 7) is 1.94. The van der Waals surface area contributed by atoms with Gasteiger partial charge in [0.05, 0.1) is 5.52 Å². The van der Waals surface area contributed by atoms with Crippen LogP contribution >= 0.6 is 0 Å². The maximum atomic E-state index is 13.0. The molecule has 0 aliphatic rings. The van der Waals surface area contributed by atoms with E-state index in [1.807, 2.05) is 0 Å². The predicted molar refractivity (Wildman–Crippen MR) is 89.5 cm³/mol. The number of halogens is 1. The van der Waals surface area contributed by atoms with Gasteiger partial charge in [-0.25, -0.2) is 9.18 Å². The molecule has 0 bridgehead atoms. The van der Waals surface area contributed by atoms with Crippen LogP contribution < -0.4 is 5.56 Å². The van der Waals surface area contributed by atoms with Gasteiger partial charge in [-0.05, 0) is 42.7 Å². The Bertz CT molecular complexity index is 1030. The number of aryl methyl sites for hydroxylation is 1. The van der Waals surface area contributed by atoms with Gasteiger partial charge in [-0.15, -0.1) is 0 Å². The summed E-state index contributed by atoms with van der Waals surface area (Å²) in [5, 5.41) is 19.3. The van der Waals surface area contributed by atoms with Crippen molar-refractivity contribution in [2.45, 2.75) is 19.9 Å². The van der Waals surface area contributed by atoms with E-state index in [4.69, 9.17) is 5.11 Å². The van der Waals surface area contributed by atoms with Crippen molar-refractivity contribution in [2.24, 2.45) is 0 Å². The normalized spacial score (nSPS) is 11.0. The molecular weight excluding hydrogens is 327 g/mol. The van der Waals surface area contributed by atoms with Crippen LogP contribution in [-0.4, -0.2) is 25.7 Å². The highest BCUT2D eigenvalue weighted by atomic mass is 19.1. The molecule has 0 unspecified atom stereocenters. The van der Waals surface area contributed by atoms with Crippen LogP contribution in [0.3, 0.4) is 0 Å². The minimum atomic E-state index is -1.50. The van der Waals surface area contributed by atoms with Gasteiger partial charge >= 0.3 is 5.97 Å². The highest BCUT2D eigenvalue weighted by Gasteiger charge is 2.22. The molecule has 0 amide bonds. The molecule has 2 heterocycles. The summed E-state index contributed by atoms with van der Waals surface area (Å²) in [6, 6.07) is 7.70. The molecule has 2 aromatic heterocycles. The van der Waals surface area contributed by atoms with E-state index in [1.54, 1.807) is 25.1 Å². The molecule has 3 aromatic rings. The first-order valence-corrected chi connectivity index (χ1v) is 7.64. The van der Waals surface area contributed by atoms with Gasteiger partial charge < -0.3 is 14.8 Å². The van der Waals surface area contributed by atoms with Crippen LogP contribution in [0.5, 0.6) is 5.75 Å². The number of carboxylic acids is 1. The first kappa shape index (κ1) is 16.6. The second kappa shape index (κ2) is 6.35. The number of aromatic carboxylic acids is 1. The van der Waals surface area contributed by atoms with E-state index in [9.17, 15) is 19.1 Å². The minimum absolute atomic E-state index is 0.0571. The smallest absolute Gasteiger partial charge is 0.345 e. The number of nitrogens with zero attached hydrogens (tertiary/aromatic N) is 2. The van der Waals surface area contributed by atoms with Gasteiger partial charge in [-0.1, -0.05) is 12.1 Å². The monoisotopic (exact) mass is 342 g/mol. The van der Waals surface area contributed by atoms with Crippen LogP contribution in [0.1, 0.15) is 28.4 Å². The zero-order chi connectivity index (χ0) is 18.1. The van der Waals surface area contributed by atoms with Crippen LogP contribution in [0.4, 0.5) is 4.39 Å². The van der Waals surface area contributed by atoms with Gasteiger partial charge in [0.2, 0.25) is 0 Å². The molecule has 0 atom stereocenters. The molecule has 0 saturated carbocycles. The number of aromatic nitrogens is 2. The molecule has 7 heteroatoms. The Kier molecular flexibility index (Phi) is 4.22. The van der Waals surface area contributed by atoms with Crippen molar-refractivity contribution in [1.82, 2.24) is 9.55 Å². The van der Waals surface area contributed by atoms with Crippen LogP contribution in [-0.2, 0) is 13.0 Å². The van der Waals surface area contributed by atoms with Crippen molar-refractivity contribution >= 4 is 17.0 Å². The molecule has 0 aliphatic carbocycles. The third-order valence-electron chi connectivity index (χ3n) is 3.99. The molecule has 128 valence electrons. The summed E-state index contributed by atoms with van der Waals surface area (Å²) in [5.41, 5.74) is 0.563. The van der Waals surface area contributed by atoms with Crippen molar-refractivity contribution in [2.75, 3.05) is 0 Å². The quantitative estimate of drug-likeness (QED) is 0.760. The maximum Gasteiger partial charge on any atom is 0.345 e. The lowest BCUT2D eigenvalue weighted by atomic mass is 10.1. The van der Waals surface area contributed by atoms with Gasteiger partial charge in [-0.3, -0.25) is 9.78 Å². The number of hydrogen-bond donors (Lipinski definition) is 2. The second-order valence-electron chi connectivity index (χ2n) is 5.59. The summed E-state index contributed by atoms with van der Waals surface area (Å²) in [6.07, 6.45) is 1.96. The molecule has 25 heavy (non-hydrogen) atoms. The molecule has 2 N–H and O–H groups in total. The van der Waals surface area contributed by atoms with E-state index in [1.165, 1.54) is 22.9 Å². The number of fused-ring (bicyclic) bond motifs is 1. The summed E-state index contributed by atoms with van der Waals surface area (Å²) >= 11 is 0. The average Bonchev–Trinajstić information content (AvgIpc) is 2.57. The zero-order valence-corrected chi connectivity index (χ0v) is 13.4. The Hall–Kier alpha value is -3.22. The maximum absolute atomic E-state index is 13.0. The first-order valence-electron chi connectivity index (χ1n) is 7.64. The van der Waals surface area contributed by atoms with E-state index in [0.717, 1.165) is 11.1 Å². The largest absolute Gasteiger partial charge is 0.505 e. The summed E-state index contributed by atoms with van der Waals surface area (Å²) in [5.74, 6) is -2.46. The molecule has 0 aliphatic heterocycles. The third kappa shape index (κ3) is 2.96. The van der Waals surface area contributed by atoms with Gasteiger partial charge in [0.15, 0.2) is 11.3 Å². The molecular formula is C18H15FN2O4. The molecule has 0 radical (unpaired) electrons. The Morgan fingerprint density at radius 1 is 1.24 bits per heavy atom. The van der Waals surface area contributed by atoms with Gasteiger partial charge in [-0.2, -0.15) is 0 Å². The van der Waals surface area contributed by atoms with Gasteiger partial charge in [0.1, 0.15) is 11.3 Å². The Morgan fingerprint density at radius 2 is 1.92 bits per heavy atom. The lowest BCUT2D eigenvalue weighted by Crippen LogP contribution is -2.26.